The molecule has 0 aromatic heterocycles. The predicted molar refractivity (Wildman–Crippen MR) is 145 cm³/mol. The smallest absolute Gasteiger partial charge is 0.416 e. The van der Waals surface area contributed by atoms with Gasteiger partial charge in [0.15, 0.2) is 0 Å². The van der Waals surface area contributed by atoms with Gasteiger partial charge >= 0.3 is 12.3 Å². The third kappa shape index (κ3) is 5.50. The molecule has 4 nitrogen and oxygen atoms in total. The first-order valence-electron chi connectivity index (χ1n) is 12.1. The van der Waals surface area contributed by atoms with E-state index in [1.165, 1.54) is 17.8 Å². The van der Waals surface area contributed by atoms with Gasteiger partial charge in [0.05, 0.1) is 17.2 Å². The van der Waals surface area contributed by atoms with Crippen molar-refractivity contribution in [1.29, 1.82) is 0 Å². The molecule has 5 rings (SSSR count). The number of aliphatic hydroxyl groups is 1. The van der Waals surface area contributed by atoms with Gasteiger partial charge in [-0.25, -0.2) is 4.79 Å². The molecular formula is C30H23ClF3NO3S. The van der Waals surface area contributed by atoms with Gasteiger partial charge in [0.2, 0.25) is 0 Å². The molecule has 0 spiro atoms. The van der Waals surface area contributed by atoms with E-state index < -0.39 is 24.4 Å². The topological polar surface area (TPSA) is 69.6 Å². The highest BCUT2D eigenvalue weighted by molar-refractivity contribution is 7.99. The van der Waals surface area contributed by atoms with Gasteiger partial charge in [-0.3, -0.25) is 0 Å². The molecular weight excluding hydrogens is 547 g/mol. The highest BCUT2D eigenvalue weighted by Crippen LogP contribution is 2.50. The summed E-state index contributed by atoms with van der Waals surface area (Å²) in [6.07, 6.45) is -5.79. The summed E-state index contributed by atoms with van der Waals surface area (Å²) in [4.78, 5) is 12.8. The summed E-state index contributed by atoms with van der Waals surface area (Å²) in [6, 6.07) is 23.0. The number of nitrogens with one attached hydrogen (secondary N) is 1. The van der Waals surface area contributed by atoms with Crippen LogP contribution in [0.3, 0.4) is 0 Å². The average Bonchev–Trinajstić information content (AvgIpc) is 3.20. The average molecular weight is 570 g/mol. The highest BCUT2D eigenvalue weighted by Gasteiger charge is 2.36. The molecule has 4 aromatic carbocycles. The van der Waals surface area contributed by atoms with E-state index in [1.807, 2.05) is 60.7 Å². The molecule has 0 fully saturated rings. The molecule has 0 aliphatic heterocycles. The molecule has 9 heteroatoms. The third-order valence-electron chi connectivity index (χ3n) is 6.89. The summed E-state index contributed by atoms with van der Waals surface area (Å²) < 4.78 is 41.7. The lowest BCUT2D eigenvalue weighted by molar-refractivity contribution is -0.138. The maximum Gasteiger partial charge on any atom is 0.416 e. The van der Waals surface area contributed by atoms with Crippen molar-refractivity contribution in [3.63, 3.8) is 0 Å². The van der Waals surface area contributed by atoms with Crippen molar-refractivity contribution in [2.24, 2.45) is 0 Å². The normalized spacial score (nSPS) is 14.1. The Morgan fingerprint density at radius 1 is 0.897 bits per heavy atom. The van der Waals surface area contributed by atoms with Crippen LogP contribution in [0, 0.1) is 0 Å². The maximum absolute atomic E-state index is 13.9. The van der Waals surface area contributed by atoms with E-state index in [9.17, 15) is 23.1 Å². The molecule has 0 saturated heterocycles. The molecule has 0 radical (unpaired) electrons. The van der Waals surface area contributed by atoms with Crippen LogP contribution >= 0.6 is 23.4 Å². The fraction of sp³-hybridized carbons (Fsp3) is 0.167. The minimum Gasteiger partial charge on any atom is -0.465 e. The monoisotopic (exact) mass is 569 g/mol. The van der Waals surface area contributed by atoms with Gasteiger partial charge in [-0.1, -0.05) is 78.0 Å². The van der Waals surface area contributed by atoms with Crippen LogP contribution in [0.25, 0.3) is 11.1 Å². The number of hydrogen-bond acceptors (Lipinski definition) is 3. The third-order valence-corrected chi connectivity index (χ3v) is 8.49. The summed E-state index contributed by atoms with van der Waals surface area (Å²) in [5.74, 6) is -0.270. The Balaban J connectivity index is 1.60. The zero-order valence-corrected chi connectivity index (χ0v) is 22.0. The van der Waals surface area contributed by atoms with E-state index in [-0.39, 0.29) is 24.5 Å². The summed E-state index contributed by atoms with van der Waals surface area (Å²) in [7, 11) is 0. The van der Waals surface area contributed by atoms with Gasteiger partial charge in [0, 0.05) is 22.3 Å². The van der Waals surface area contributed by atoms with Crippen molar-refractivity contribution >= 4 is 29.5 Å². The number of carbonyl (C=O) groups is 1. The van der Waals surface area contributed by atoms with E-state index in [4.69, 9.17) is 16.7 Å². The van der Waals surface area contributed by atoms with Crippen molar-refractivity contribution in [3.8, 4) is 11.1 Å². The minimum atomic E-state index is -4.63. The number of rotatable bonds is 7. The minimum absolute atomic E-state index is 0.0845. The predicted octanol–water partition coefficient (Wildman–Crippen LogP) is 8.12. The number of halogens is 4. The molecule has 0 bridgehead atoms. The lowest BCUT2D eigenvalue weighted by atomic mass is 9.87. The van der Waals surface area contributed by atoms with E-state index in [0.29, 0.717) is 10.6 Å². The van der Waals surface area contributed by atoms with Gasteiger partial charge in [-0.15, -0.1) is 0 Å². The number of aliphatic hydroxyl groups excluding tert-OH is 1. The summed E-state index contributed by atoms with van der Waals surface area (Å²) in [6.45, 7) is -0.580. The standard InChI is InChI=1S/C30H23ClF3NO3S/c31-26-13-22-20-9-3-2-8-19(20)21(23(22)14-28(26)39-27-11-4-1-6-18(27)16-36)12-17-7-5-10-25(30(32,33)34)24(17)15-35-29(37)38/h1-11,13-14,21,35-36H,12,15-16H2,(H,37,38). The molecule has 1 unspecified atom stereocenters. The number of carboxylic acid groups (broad SMARTS) is 1. The SMILES string of the molecule is O=C(O)NCc1c(CC2c3ccccc3-c3cc(Cl)c(Sc4ccccc4CO)cc32)cccc1C(F)(F)F. The summed E-state index contributed by atoms with van der Waals surface area (Å²) >= 11 is 8.15. The molecule has 0 heterocycles. The Bertz CT molecular complexity index is 1560. The number of fused-ring (bicyclic) bond motifs is 3. The molecule has 200 valence electrons. The fourth-order valence-electron chi connectivity index (χ4n) is 5.14. The second-order valence-corrected chi connectivity index (χ2v) is 10.7. The second kappa shape index (κ2) is 11.0. The van der Waals surface area contributed by atoms with Crippen molar-refractivity contribution in [1.82, 2.24) is 5.32 Å². The van der Waals surface area contributed by atoms with Crippen LogP contribution in [-0.4, -0.2) is 16.3 Å². The quantitative estimate of drug-likeness (QED) is 0.210. The highest BCUT2D eigenvalue weighted by atomic mass is 35.5. The molecule has 1 amide bonds. The molecule has 0 saturated carbocycles. The largest absolute Gasteiger partial charge is 0.465 e. The maximum atomic E-state index is 13.9. The number of hydrogen-bond donors (Lipinski definition) is 3. The van der Waals surface area contributed by atoms with Gasteiger partial charge in [-0.2, -0.15) is 13.2 Å². The van der Waals surface area contributed by atoms with Crippen LogP contribution in [0.2, 0.25) is 5.02 Å². The van der Waals surface area contributed by atoms with Crippen LogP contribution < -0.4 is 5.32 Å². The molecule has 3 N–H and O–H groups in total. The Kier molecular flexibility index (Phi) is 7.62. The van der Waals surface area contributed by atoms with Crippen LogP contribution in [0.4, 0.5) is 18.0 Å². The summed E-state index contributed by atoms with van der Waals surface area (Å²) in [5.41, 5.74) is 4.02. The van der Waals surface area contributed by atoms with E-state index in [0.717, 1.165) is 43.7 Å². The fourth-order valence-corrected chi connectivity index (χ4v) is 6.41. The van der Waals surface area contributed by atoms with Crippen molar-refractivity contribution in [2.75, 3.05) is 0 Å². The Labute approximate surface area is 232 Å². The molecule has 4 aromatic rings. The van der Waals surface area contributed by atoms with Gasteiger partial charge in [-0.05, 0) is 69.6 Å². The zero-order valence-electron chi connectivity index (χ0n) is 20.4. The van der Waals surface area contributed by atoms with Gasteiger partial charge < -0.3 is 15.5 Å². The van der Waals surface area contributed by atoms with Crippen LogP contribution in [-0.2, 0) is 25.7 Å². The van der Waals surface area contributed by atoms with Crippen molar-refractivity contribution in [2.45, 2.75) is 41.5 Å². The first-order chi connectivity index (χ1) is 18.7. The van der Waals surface area contributed by atoms with Crippen LogP contribution in [0.15, 0.2) is 88.7 Å². The Morgan fingerprint density at radius 3 is 2.36 bits per heavy atom. The van der Waals surface area contributed by atoms with Gasteiger partial charge in [0.25, 0.3) is 0 Å². The van der Waals surface area contributed by atoms with E-state index >= 15 is 0 Å². The Hall–Kier alpha value is -3.46. The lowest BCUT2D eigenvalue weighted by Gasteiger charge is -2.21. The molecule has 1 aliphatic rings. The number of amides is 1. The molecule has 1 atom stereocenters. The molecule has 39 heavy (non-hydrogen) atoms. The first-order valence-corrected chi connectivity index (χ1v) is 13.3. The van der Waals surface area contributed by atoms with Crippen LogP contribution in [0.5, 0.6) is 0 Å². The number of benzene rings is 4. The zero-order chi connectivity index (χ0) is 27.7. The van der Waals surface area contributed by atoms with Gasteiger partial charge in [0.1, 0.15) is 0 Å². The molecule has 1 aliphatic carbocycles. The van der Waals surface area contributed by atoms with Crippen molar-refractivity contribution < 1.29 is 28.2 Å². The first kappa shape index (κ1) is 27.1. The van der Waals surface area contributed by atoms with E-state index in [1.54, 1.807) is 6.07 Å². The Morgan fingerprint density at radius 2 is 1.62 bits per heavy atom. The van der Waals surface area contributed by atoms with Crippen molar-refractivity contribution in [3.05, 3.63) is 117 Å². The lowest BCUT2D eigenvalue weighted by Crippen LogP contribution is -2.24. The van der Waals surface area contributed by atoms with E-state index in [2.05, 4.69) is 5.32 Å². The number of alkyl halides is 3. The van der Waals surface area contributed by atoms with Crippen LogP contribution in [0.1, 0.15) is 39.3 Å². The summed E-state index contributed by atoms with van der Waals surface area (Å²) in [5, 5.41) is 21.5. The second-order valence-electron chi connectivity index (χ2n) is 9.18.